The highest BCUT2D eigenvalue weighted by atomic mass is 79.9. The fourth-order valence-electron chi connectivity index (χ4n) is 1.84. The van der Waals surface area contributed by atoms with Crippen molar-refractivity contribution in [3.05, 3.63) is 21.0 Å². The van der Waals surface area contributed by atoms with E-state index >= 15 is 0 Å². The SMILES string of the molecule is CN(C)Nc1c(Br)cnn(CC2CCC2)c1=O. The van der Waals surface area contributed by atoms with Crippen LogP contribution in [0, 0.1) is 5.92 Å². The number of hydrogen-bond donors (Lipinski definition) is 1. The van der Waals surface area contributed by atoms with E-state index in [0.29, 0.717) is 16.1 Å². The van der Waals surface area contributed by atoms with Crippen molar-refractivity contribution in [2.24, 2.45) is 5.92 Å². The Balaban J connectivity index is 2.24. The molecule has 2 rings (SSSR count). The van der Waals surface area contributed by atoms with E-state index in [4.69, 9.17) is 0 Å². The second kappa shape index (κ2) is 5.18. The van der Waals surface area contributed by atoms with Crippen molar-refractivity contribution in [3.8, 4) is 0 Å². The Labute approximate surface area is 109 Å². The monoisotopic (exact) mass is 300 g/mol. The molecule has 1 fully saturated rings. The largest absolute Gasteiger partial charge is 0.313 e. The number of anilines is 1. The molecule has 17 heavy (non-hydrogen) atoms. The van der Waals surface area contributed by atoms with Gasteiger partial charge in [-0.05, 0) is 34.7 Å². The minimum Gasteiger partial charge on any atom is -0.313 e. The molecule has 0 spiro atoms. The zero-order valence-electron chi connectivity index (χ0n) is 10.1. The van der Waals surface area contributed by atoms with E-state index in [-0.39, 0.29) is 5.56 Å². The van der Waals surface area contributed by atoms with Gasteiger partial charge in [0.15, 0.2) is 0 Å². The van der Waals surface area contributed by atoms with Crippen LogP contribution in [0.25, 0.3) is 0 Å². The number of rotatable bonds is 4. The molecule has 6 heteroatoms. The van der Waals surface area contributed by atoms with Gasteiger partial charge in [-0.25, -0.2) is 9.69 Å². The van der Waals surface area contributed by atoms with E-state index in [1.807, 2.05) is 14.1 Å². The summed E-state index contributed by atoms with van der Waals surface area (Å²) in [6.45, 7) is 0.730. The summed E-state index contributed by atoms with van der Waals surface area (Å²) in [5.41, 5.74) is 3.48. The van der Waals surface area contributed by atoms with Crippen molar-refractivity contribution in [3.63, 3.8) is 0 Å². The second-order valence-electron chi connectivity index (χ2n) is 4.66. The zero-order chi connectivity index (χ0) is 12.4. The Morgan fingerprint density at radius 3 is 2.82 bits per heavy atom. The maximum Gasteiger partial charge on any atom is 0.292 e. The van der Waals surface area contributed by atoms with Gasteiger partial charge in [-0.3, -0.25) is 4.79 Å². The molecule has 1 aromatic heterocycles. The number of nitrogens with one attached hydrogen (secondary N) is 1. The first-order valence-electron chi connectivity index (χ1n) is 5.77. The molecule has 0 bridgehead atoms. The fourth-order valence-corrected chi connectivity index (χ4v) is 2.19. The molecule has 0 aliphatic heterocycles. The lowest BCUT2D eigenvalue weighted by atomic mass is 9.85. The molecule has 0 radical (unpaired) electrons. The molecule has 0 atom stereocenters. The minimum atomic E-state index is -0.0695. The van der Waals surface area contributed by atoms with E-state index in [2.05, 4.69) is 26.5 Å². The van der Waals surface area contributed by atoms with E-state index in [1.165, 1.54) is 19.3 Å². The summed E-state index contributed by atoms with van der Waals surface area (Å²) < 4.78 is 2.25. The Morgan fingerprint density at radius 2 is 2.29 bits per heavy atom. The molecule has 1 heterocycles. The normalized spacial score (nSPS) is 16.0. The molecular formula is C11H17BrN4O. The highest BCUT2D eigenvalue weighted by Gasteiger charge is 2.20. The number of halogens is 1. The number of aromatic nitrogens is 2. The number of hydrazine groups is 1. The first-order valence-corrected chi connectivity index (χ1v) is 6.57. The molecule has 0 amide bonds. The van der Waals surface area contributed by atoms with Crippen LogP contribution >= 0.6 is 15.9 Å². The summed E-state index contributed by atoms with van der Waals surface area (Å²) in [5.74, 6) is 0.619. The van der Waals surface area contributed by atoms with Gasteiger partial charge in [0.25, 0.3) is 5.56 Å². The number of nitrogens with zero attached hydrogens (tertiary/aromatic N) is 3. The summed E-state index contributed by atoms with van der Waals surface area (Å²) in [6.07, 6.45) is 5.37. The Hall–Kier alpha value is -0.880. The van der Waals surface area contributed by atoms with E-state index in [9.17, 15) is 4.79 Å². The smallest absolute Gasteiger partial charge is 0.292 e. The van der Waals surface area contributed by atoms with Gasteiger partial charge < -0.3 is 5.43 Å². The first kappa shape index (κ1) is 12.6. The van der Waals surface area contributed by atoms with Gasteiger partial charge in [0.2, 0.25) is 0 Å². The lowest BCUT2D eigenvalue weighted by Gasteiger charge is -2.25. The lowest BCUT2D eigenvalue weighted by Crippen LogP contribution is -2.33. The van der Waals surface area contributed by atoms with Crippen LogP contribution < -0.4 is 11.0 Å². The summed E-state index contributed by atoms with van der Waals surface area (Å²) >= 11 is 3.34. The third-order valence-electron chi connectivity index (χ3n) is 2.99. The van der Waals surface area contributed by atoms with Crippen LogP contribution in [0.1, 0.15) is 19.3 Å². The van der Waals surface area contributed by atoms with Crippen LogP contribution in [0.4, 0.5) is 5.69 Å². The third-order valence-corrected chi connectivity index (χ3v) is 3.59. The minimum absolute atomic E-state index is 0.0695. The Kier molecular flexibility index (Phi) is 3.83. The highest BCUT2D eigenvalue weighted by molar-refractivity contribution is 9.10. The summed E-state index contributed by atoms with van der Waals surface area (Å²) in [7, 11) is 3.70. The molecule has 1 aliphatic rings. The fraction of sp³-hybridized carbons (Fsp3) is 0.636. The van der Waals surface area contributed by atoms with Gasteiger partial charge in [0.05, 0.1) is 10.7 Å². The lowest BCUT2D eigenvalue weighted by molar-refractivity contribution is 0.261. The molecule has 5 nitrogen and oxygen atoms in total. The van der Waals surface area contributed by atoms with Crippen LogP contribution in [0.5, 0.6) is 0 Å². The van der Waals surface area contributed by atoms with Gasteiger partial charge in [0.1, 0.15) is 5.69 Å². The van der Waals surface area contributed by atoms with Gasteiger partial charge in [-0.15, -0.1) is 0 Å². The molecule has 1 N–H and O–H groups in total. The van der Waals surface area contributed by atoms with E-state index < -0.39 is 0 Å². The predicted octanol–water partition coefficient (Wildman–Crippen LogP) is 1.69. The van der Waals surface area contributed by atoms with Crippen LogP contribution in [0.2, 0.25) is 0 Å². The summed E-state index contributed by atoms with van der Waals surface area (Å²) in [6, 6.07) is 0. The first-order chi connectivity index (χ1) is 8.08. The Morgan fingerprint density at radius 1 is 1.59 bits per heavy atom. The van der Waals surface area contributed by atoms with E-state index in [1.54, 1.807) is 15.9 Å². The molecule has 94 valence electrons. The molecule has 0 saturated heterocycles. The molecule has 1 aliphatic carbocycles. The molecular weight excluding hydrogens is 284 g/mol. The van der Waals surface area contributed by atoms with Crippen LogP contribution in [0.15, 0.2) is 15.5 Å². The van der Waals surface area contributed by atoms with Gasteiger partial charge >= 0.3 is 0 Å². The van der Waals surface area contributed by atoms with Gasteiger partial charge in [-0.2, -0.15) is 5.10 Å². The van der Waals surface area contributed by atoms with Crippen LogP contribution in [0.3, 0.4) is 0 Å². The molecule has 0 unspecified atom stereocenters. The predicted molar refractivity (Wildman–Crippen MR) is 70.8 cm³/mol. The number of hydrogen-bond acceptors (Lipinski definition) is 4. The zero-order valence-corrected chi connectivity index (χ0v) is 11.7. The van der Waals surface area contributed by atoms with Gasteiger partial charge in [0, 0.05) is 20.6 Å². The highest BCUT2D eigenvalue weighted by Crippen LogP contribution is 2.27. The average molecular weight is 301 g/mol. The summed E-state index contributed by atoms with van der Waals surface area (Å²) in [4.78, 5) is 12.2. The van der Waals surface area contributed by atoms with Crippen LogP contribution in [-0.2, 0) is 6.54 Å². The van der Waals surface area contributed by atoms with Crippen molar-refractivity contribution >= 4 is 21.6 Å². The standard InChI is InChI=1S/C11H17BrN4O/c1-15(2)14-10-9(12)6-13-16(11(10)17)7-8-4-3-5-8/h6,8,14H,3-5,7H2,1-2H3. The van der Waals surface area contributed by atoms with Crippen molar-refractivity contribution in [1.82, 2.24) is 14.8 Å². The van der Waals surface area contributed by atoms with Crippen molar-refractivity contribution in [2.45, 2.75) is 25.8 Å². The average Bonchev–Trinajstić information content (AvgIpc) is 2.20. The topological polar surface area (TPSA) is 50.2 Å². The Bertz CT molecular complexity index is 453. The molecule has 0 aromatic carbocycles. The van der Waals surface area contributed by atoms with Crippen LogP contribution in [-0.4, -0.2) is 28.9 Å². The van der Waals surface area contributed by atoms with Crippen molar-refractivity contribution in [2.75, 3.05) is 19.5 Å². The van der Waals surface area contributed by atoms with E-state index in [0.717, 1.165) is 6.54 Å². The van der Waals surface area contributed by atoms with Crippen molar-refractivity contribution in [1.29, 1.82) is 0 Å². The third kappa shape index (κ3) is 2.87. The second-order valence-corrected chi connectivity index (χ2v) is 5.51. The molecule has 1 saturated carbocycles. The van der Waals surface area contributed by atoms with Crippen molar-refractivity contribution < 1.29 is 0 Å². The molecule has 1 aromatic rings. The van der Waals surface area contributed by atoms with Gasteiger partial charge in [-0.1, -0.05) is 6.42 Å². The summed E-state index contributed by atoms with van der Waals surface area (Å²) in [5, 5.41) is 5.91. The maximum atomic E-state index is 12.2. The quantitative estimate of drug-likeness (QED) is 0.860. The maximum absolute atomic E-state index is 12.2.